The van der Waals surface area contributed by atoms with Crippen molar-refractivity contribution in [1.29, 1.82) is 0 Å². The minimum Gasteiger partial charge on any atom is -0.377 e. The first-order valence-corrected chi connectivity index (χ1v) is 10.3. The average Bonchev–Trinajstić information content (AvgIpc) is 3.50. The molecule has 0 unspecified atom stereocenters. The molecule has 148 valence electrons. The van der Waals surface area contributed by atoms with Crippen molar-refractivity contribution in [2.45, 2.75) is 52.9 Å². The maximum absolute atomic E-state index is 4.01. The fourth-order valence-electron chi connectivity index (χ4n) is 3.00. The van der Waals surface area contributed by atoms with Crippen LogP contribution in [0.15, 0.2) is 60.7 Å². The average molecular weight is 535 g/mol. The van der Waals surface area contributed by atoms with Crippen LogP contribution >= 0.6 is 0 Å². The molecule has 27 heavy (non-hydrogen) atoms. The van der Waals surface area contributed by atoms with Gasteiger partial charge in [-0.3, -0.25) is 0 Å². The number of para-hydroxylation sites is 1. The van der Waals surface area contributed by atoms with Crippen LogP contribution in [0.4, 0.5) is 5.69 Å². The van der Waals surface area contributed by atoms with Crippen LogP contribution in [-0.2, 0) is 21.1 Å². The van der Waals surface area contributed by atoms with Gasteiger partial charge in [0.25, 0.3) is 0 Å². The number of piperidine rings is 1. The Morgan fingerprint density at radius 2 is 1.26 bits per heavy atom. The van der Waals surface area contributed by atoms with E-state index >= 15 is 0 Å². The molecular weight excluding hydrogens is 498 g/mol. The maximum Gasteiger partial charge on any atom is 2.00 e. The summed E-state index contributed by atoms with van der Waals surface area (Å²) in [6.07, 6.45) is 6.12. The van der Waals surface area contributed by atoms with Crippen molar-refractivity contribution >= 4 is 5.69 Å². The summed E-state index contributed by atoms with van der Waals surface area (Å²) < 4.78 is 0. The second kappa shape index (κ2) is 15.9. The van der Waals surface area contributed by atoms with E-state index in [0.29, 0.717) is 5.92 Å². The Labute approximate surface area is 182 Å². The molecule has 1 heterocycles. The fourth-order valence-corrected chi connectivity index (χ4v) is 3.00. The van der Waals surface area contributed by atoms with Gasteiger partial charge in [0.1, 0.15) is 0 Å². The van der Waals surface area contributed by atoms with E-state index in [1.807, 2.05) is 27.7 Å². The minimum absolute atomic E-state index is 0. The second-order valence-corrected chi connectivity index (χ2v) is 6.20. The van der Waals surface area contributed by atoms with Gasteiger partial charge < -0.3 is 18.2 Å². The molecular formula is C25H37NW. The number of anilines is 1. The zero-order chi connectivity index (χ0) is 19.2. The van der Waals surface area contributed by atoms with E-state index in [4.69, 9.17) is 0 Å². The zero-order valence-electron chi connectivity index (χ0n) is 17.6. The van der Waals surface area contributed by atoms with E-state index in [9.17, 15) is 0 Å². The van der Waals surface area contributed by atoms with Gasteiger partial charge in [-0.05, 0) is 36.7 Å². The van der Waals surface area contributed by atoms with Gasteiger partial charge in [-0.25, -0.2) is 0 Å². The van der Waals surface area contributed by atoms with Gasteiger partial charge in [-0.2, -0.15) is 18.8 Å². The monoisotopic (exact) mass is 535 g/mol. The molecule has 0 radical (unpaired) electrons. The molecule has 0 spiro atoms. The van der Waals surface area contributed by atoms with Crippen LogP contribution < -0.4 is 4.90 Å². The van der Waals surface area contributed by atoms with Crippen molar-refractivity contribution in [3.8, 4) is 0 Å². The number of benzene rings is 2. The molecule has 1 saturated carbocycles. The predicted octanol–water partition coefficient (Wildman–Crippen LogP) is 7.17. The summed E-state index contributed by atoms with van der Waals surface area (Å²) >= 11 is 0. The zero-order valence-corrected chi connectivity index (χ0v) is 20.5. The third-order valence-electron chi connectivity index (χ3n) is 4.48. The molecule has 2 aromatic carbocycles. The molecule has 2 aliphatic rings. The van der Waals surface area contributed by atoms with E-state index in [2.05, 4.69) is 78.9 Å². The number of hydrogen-bond acceptors (Lipinski definition) is 1. The first-order chi connectivity index (χ1) is 12.8. The van der Waals surface area contributed by atoms with E-state index < -0.39 is 0 Å². The largest absolute Gasteiger partial charge is 2.00 e. The van der Waals surface area contributed by atoms with E-state index in [0.717, 1.165) is 5.92 Å². The van der Waals surface area contributed by atoms with Gasteiger partial charge in [-0.1, -0.05) is 82.6 Å². The third-order valence-corrected chi connectivity index (χ3v) is 4.48. The fraction of sp³-hybridized carbons (Fsp3) is 0.440. The summed E-state index contributed by atoms with van der Waals surface area (Å²) in [6.45, 7) is 14.4. The summed E-state index contributed by atoms with van der Waals surface area (Å²) in [6, 6.07) is 21.3. The molecule has 0 bridgehead atoms. The smallest absolute Gasteiger partial charge is 0.377 e. The van der Waals surface area contributed by atoms with Gasteiger partial charge in [0.05, 0.1) is 0 Å². The Morgan fingerprint density at radius 1 is 0.815 bits per heavy atom. The molecule has 4 rings (SSSR count). The third kappa shape index (κ3) is 9.61. The minimum atomic E-state index is 0. The van der Waals surface area contributed by atoms with Crippen molar-refractivity contribution in [1.82, 2.24) is 0 Å². The first kappa shape index (κ1) is 25.9. The van der Waals surface area contributed by atoms with Crippen molar-refractivity contribution in [2.24, 2.45) is 5.92 Å². The summed E-state index contributed by atoms with van der Waals surface area (Å²) in [5, 5.41) is 0. The normalized spacial score (nSPS) is 19.5. The van der Waals surface area contributed by atoms with Crippen molar-refractivity contribution < 1.29 is 21.1 Å². The van der Waals surface area contributed by atoms with Crippen molar-refractivity contribution in [3.05, 3.63) is 79.6 Å². The van der Waals surface area contributed by atoms with Gasteiger partial charge >= 0.3 is 21.1 Å². The van der Waals surface area contributed by atoms with Crippen molar-refractivity contribution in [3.63, 3.8) is 0 Å². The first-order valence-electron chi connectivity index (χ1n) is 10.3. The van der Waals surface area contributed by atoms with Crippen LogP contribution in [0.5, 0.6) is 0 Å². The van der Waals surface area contributed by atoms with Gasteiger partial charge in [0, 0.05) is 5.69 Å². The Morgan fingerprint density at radius 3 is 1.70 bits per heavy atom. The number of nitrogens with zero attached hydrogens (tertiary/aromatic N) is 1. The van der Waals surface area contributed by atoms with Crippen LogP contribution in [-0.4, -0.2) is 13.1 Å². The van der Waals surface area contributed by atoms with E-state index in [1.165, 1.54) is 43.6 Å². The van der Waals surface area contributed by atoms with E-state index in [1.54, 1.807) is 0 Å². The molecule has 2 heteroatoms. The summed E-state index contributed by atoms with van der Waals surface area (Å²) in [5.41, 5.74) is 2.83. The number of rotatable bonds is 2. The standard InChI is InChI=1S/C11H14N.C10H11.2C2H6.W/c1-3-7-11(8-4-1)12-9-5-2-6-10-12;1-8-7-10(8)9-5-3-2-4-6-9;2*1-2;/h1-4,7-8H,5-6,9-10H2;2-6,8,10H,1,7H2;2*1-2H3;/q2*-1;;;+2/t;8-,10-;;;/m.1.../s1. The Kier molecular flexibility index (Phi) is 15.3. The van der Waals surface area contributed by atoms with Crippen LogP contribution in [0.3, 0.4) is 0 Å². The molecule has 1 aliphatic heterocycles. The second-order valence-electron chi connectivity index (χ2n) is 6.20. The van der Waals surface area contributed by atoms with Crippen LogP contribution in [0.1, 0.15) is 58.4 Å². The molecule has 0 aromatic heterocycles. The van der Waals surface area contributed by atoms with Crippen LogP contribution in [0.2, 0.25) is 0 Å². The molecule has 1 saturated heterocycles. The number of hydrogen-bond donors (Lipinski definition) is 0. The van der Waals surface area contributed by atoms with Crippen LogP contribution in [0.25, 0.3) is 0 Å². The molecule has 0 amide bonds. The predicted molar refractivity (Wildman–Crippen MR) is 118 cm³/mol. The summed E-state index contributed by atoms with van der Waals surface area (Å²) in [4.78, 5) is 2.44. The van der Waals surface area contributed by atoms with Crippen LogP contribution in [0, 0.1) is 19.3 Å². The Bertz CT molecular complexity index is 549. The molecule has 2 aromatic rings. The Hall–Kier alpha value is -1.07. The molecule has 1 aliphatic carbocycles. The molecule has 0 N–H and O–H groups in total. The van der Waals surface area contributed by atoms with Gasteiger partial charge in [-0.15, -0.1) is 0 Å². The van der Waals surface area contributed by atoms with E-state index in [-0.39, 0.29) is 21.1 Å². The topological polar surface area (TPSA) is 3.24 Å². The van der Waals surface area contributed by atoms with Gasteiger partial charge in [0.15, 0.2) is 0 Å². The Balaban J connectivity index is 0.000000414. The van der Waals surface area contributed by atoms with Crippen molar-refractivity contribution in [2.75, 3.05) is 18.0 Å². The molecule has 2 atom stereocenters. The maximum atomic E-state index is 4.01. The summed E-state index contributed by atoms with van der Waals surface area (Å²) in [5.74, 6) is 1.45. The molecule has 1 nitrogen and oxygen atoms in total. The van der Waals surface area contributed by atoms with Gasteiger partial charge in [0.2, 0.25) is 0 Å². The molecule has 2 fully saturated rings. The quantitative estimate of drug-likeness (QED) is 0.369. The SMILES string of the molecule is CC.CC.[CH2-][C@@H]1C[C@H]1c1ccccc1.[W+2].c1ccc(N2CC[CH-]CC2)cc1. The summed E-state index contributed by atoms with van der Waals surface area (Å²) in [7, 11) is 0.